The molecule has 116 valence electrons. The van der Waals surface area contributed by atoms with Gasteiger partial charge in [0.25, 0.3) is 0 Å². The van der Waals surface area contributed by atoms with Crippen molar-refractivity contribution in [2.75, 3.05) is 33.7 Å². The van der Waals surface area contributed by atoms with E-state index in [9.17, 15) is 9.90 Å². The monoisotopic (exact) mass is 282 g/mol. The Morgan fingerprint density at radius 3 is 2.40 bits per heavy atom. The number of likely N-dealkylation sites (tertiary alicyclic amines) is 1. The van der Waals surface area contributed by atoms with E-state index in [1.165, 1.54) is 25.7 Å². The fourth-order valence-corrected chi connectivity index (χ4v) is 3.87. The summed E-state index contributed by atoms with van der Waals surface area (Å²) >= 11 is 0. The molecule has 1 aliphatic carbocycles. The minimum Gasteiger partial charge on any atom is -0.481 e. The number of carboxylic acid groups (broad SMARTS) is 1. The highest BCUT2D eigenvalue weighted by molar-refractivity contribution is 5.75. The minimum atomic E-state index is -0.564. The molecule has 2 fully saturated rings. The van der Waals surface area contributed by atoms with Gasteiger partial charge in [0.2, 0.25) is 0 Å². The van der Waals surface area contributed by atoms with Gasteiger partial charge >= 0.3 is 5.97 Å². The maximum atomic E-state index is 11.9. The van der Waals surface area contributed by atoms with E-state index in [1.807, 2.05) is 0 Å². The van der Waals surface area contributed by atoms with Crippen LogP contribution in [0.2, 0.25) is 0 Å². The van der Waals surface area contributed by atoms with Gasteiger partial charge in [0, 0.05) is 19.1 Å². The third kappa shape index (κ3) is 3.73. The molecule has 0 radical (unpaired) electrons. The number of aliphatic carboxylic acids is 1. The first kappa shape index (κ1) is 15.8. The highest BCUT2D eigenvalue weighted by Crippen LogP contribution is 2.37. The van der Waals surface area contributed by atoms with Crippen molar-refractivity contribution < 1.29 is 9.90 Å². The Bertz CT molecular complexity index is 322. The van der Waals surface area contributed by atoms with Crippen molar-refractivity contribution in [2.45, 2.75) is 57.4 Å². The molecule has 0 aromatic carbocycles. The van der Waals surface area contributed by atoms with Crippen molar-refractivity contribution >= 4 is 5.97 Å². The lowest BCUT2D eigenvalue weighted by molar-refractivity contribution is -0.151. The van der Waals surface area contributed by atoms with Gasteiger partial charge in [-0.3, -0.25) is 4.79 Å². The molecule has 2 rings (SSSR count). The predicted octanol–water partition coefficient (Wildman–Crippen LogP) is 2.44. The summed E-state index contributed by atoms with van der Waals surface area (Å²) in [5.41, 5.74) is -0.481. The Morgan fingerprint density at radius 1 is 1.20 bits per heavy atom. The molecule has 1 saturated carbocycles. The molecular formula is C16H30N2O2. The number of piperidine rings is 1. The minimum absolute atomic E-state index is 0.481. The van der Waals surface area contributed by atoms with Crippen LogP contribution in [-0.2, 0) is 4.79 Å². The lowest BCUT2D eigenvalue weighted by Gasteiger charge is -2.40. The van der Waals surface area contributed by atoms with Crippen LogP contribution >= 0.6 is 0 Å². The second-order valence-corrected chi connectivity index (χ2v) is 6.99. The van der Waals surface area contributed by atoms with Gasteiger partial charge in [-0.1, -0.05) is 25.7 Å². The van der Waals surface area contributed by atoms with Crippen LogP contribution in [0.5, 0.6) is 0 Å². The standard InChI is InChI=1S/C16H30N2O2/c1-17(2)14-8-7-11-18(12-14)13-16(15(19)20)9-5-3-4-6-10-16/h14H,3-13H2,1-2H3,(H,19,20). The summed E-state index contributed by atoms with van der Waals surface area (Å²) in [5.74, 6) is -0.564. The van der Waals surface area contributed by atoms with Crippen molar-refractivity contribution in [1.29, 1.82) is 0 Å². The summed E-state index contributed by atoms with van der Waals surface area (Å²) in [6.07, 6.45) is 8.73. The van der Waals surface area contributed by atoms with Crippen LogP contribution < -0.4 is 0 Å². The van der Waals surface area contributed by atoms with Crippen LogP contribution in [0.25, 0.3) is 0 Å². The smallest absolute Gasteiger partial charge is 0.310 e. The van der Waals surface area contributed by atoms with Crippen LogP contribution in [0.1, 0.15) is 51.4 Å². The molecule has 1 aliphatic heterocycles. The Balaban J connectivity index is 2.02. The van der Waals surface area contributed by atoms with E-state index < -0.39 is 11.4 Å². The van der Waals surface area contributed by atoms with E-state index >= 15 is 0 Å². The lowest BCUT2D eigenvalue weighted by Crippen LogP contribution is -2.50. The topological polar surface area (TPSA) is 43.8 Å². The molecule has 1 unspecified atom stereocenters. The van der Waals surface area contributed by atoms with Crippen molar-refractivity contribution in [3.8, 4) is 0 Å². The van der Waals surface area contributed by atoms with Gasteiger partial charge in [0.05, 0.1) is 5.41 Å². The lowest BCUT2D eigenvalue weighted by atomic mass is 9.79. The average molecular weight is 282 g/mol. The first-order chi connectivity index (χ1) is 9.53. The SMILES string of the molecule is CN(C)C1CCCN(CC2(C(=O)O)CCCCCC2)C1. The summed E-state index contributed by atoms with van der Waals surface area (Å²) in [6.45, 7) is 2.86. The summed E-state index contributed by atoms with van der Waals surface area (Å²) < 4.78 is 0. The molecule has 1 saturated heterocycles. The number of carboxylic acids is 1. The van der Waals surface area contributed by atoms with Crippen molar-refractivity contribution in [3.05, 3.63) is 0 Å². The molecule has 1 N–H and O–H groups in total. The van der Waals surface area contributed by atoms with Gasteiger partial charge in [0.1, 0.15) is 0 Å². The number of hydrogen-bond acceptors (Lipinski definition) is 3. The van der Waals surface area contributed by atoms with E-state index in [0.29, 0.717) is 6.04 Å². The number of likely N-dealkylation sites (N-methyl/N-ethyl adjacent to an activating group) is 1. The van der Waals surface area contributed by atoms with Gasteiger partial charge in [-0.15, -0.1) is 0 Å². The number of hydrogen-bond donors (Lipinski definition) is 1. The van der Waals surface area contributed by atoms with Crippen molar-refractivity contribution in [3.63, 3.8) is 0 Å². The van der Waals surface area contributed by atoms with E-state index in [-0.39, 0.29) is 0 Å². The van der Waals surface area contributed by atoms with Gasteiger partial charge in [-0.25, -0.2) is 0 Å². The highest BCUT2D eigenvalue weighted by Gasteiger charge is 2.40. The van der Waals surface area contributed by atoms with E-state index in [0.717, 1.165) is 45.3 Å². The molecule has 0 spiro atoms. The molecule has 1 atom stereocenters. The van der Waals surface area contributed by atoms with Crippen molar-refractivity contribution in [1.82, 2.24) is 9.80 Å². The zero-order valence-electron chi connectivity index (χ0n) is 13.1. The Hall–Kier alpha value is -0.610. The number of nitrogens with zero attached hydrogens (tertiary/aromatic N) is 2. The maximum absolute atomic E-state index is 11.9. The van der Waals surface area contributed by atoms with Crippen LogP contribution in [-0.4, -0.2) is 60.6 Å². The fourth-order valence-electron chi connectivity index (χ4n) is 3.87. The molecule has 0 bridgehead atoms. The summed E-state index contributed by atoms with van der Waals surface area (Å²) in [5, 5.41) is 9.78. The summed E-state index contributed by atoms with van der Waals surface area (Å²) in [7, 11) is 4.26. The predicted molar refractivity (Wildman–Crippen MR) is 80.9 cm³/mol. The third-order valence-corrected chi connectivity index (χ3v) is 5.25. The molecular weight excluding hydrogens is 252 g/mol. The molecule has 20 heavy (non-hydrogen) atoms. The first-order valence-corrected chi connectivity index (χ1v) is 8.16. The van der Waals surface area contributed by atoms with Crippen LogP contribution in [0.15, 0.2) is 0 Å². The Labute approximate surface area is 123 Å². The zero-order valence-corrected chi connectivity index (χ0v) is 13.1. The molecule has 0 amide bonds. The number of rotatable bonds is 4. The van der Waals surface area contributed by atoms with Crippen LogP contribution in [0.4, 0.5) is 0 Å². The van der Waals surface area contributed by atoms with Crippen LogP contribution in [0.3, 0.4) is 0 Å². The molecule has 4 heteroatoms. The number of carbonyl (C=O) groups is 1. The van der Waals surface area contributed by atoms with Crippen molar-refractivity contribution in [2.24, 2.45) is 5.41 Å². The van der Waals surface area contributed by atoms with Gasteiger partial charge < -0.3 is 14.9 Å². The Kier molecular flexibility index (Phi) is 5.44. The third-order valence-electron chi connectivity index (χ3n) is 5.25. The molecule has 2 aliphatic rings. The second-order valence-electron chi connectivity index (χ2n) is 6.99. The fraction of sp³-hybridized carbons (Fsp3) is 0.938. The zero-order chi connectivity index (χ0) is 14.6. The van der Waals surface area contributed by atoms with E-state index in [2.05, 4.69) is 23.9 Å². The average Bonchev–Trinajstić information content (AvgIpc) is 2.65. The molecule has 0 aromatic rings. The highest BCUT2D eigenvalue weighted by atomic mass is 16.4. The largest absolute Gasteiger partial charge is 0.481 e. The molecule has 1 heterocycles. The Morgan fingerprint density at radius 2 is 1.85 bits per heavy atom. The quantitative estimate of drug-likeness (QED) is 0.804. The van der Waals surface area contributed by atoms with Gasteiger partial charge in [-0.05, 0) is 46.3 Å². The van der Waals surface area contributed by atoms with Crippen LogP contribution in [0, 0.1) is 5.41 Å². The molecule has 4 nitrogen and oxygen atoms in total. The first-order valence-electron chi connectivity index (χ1n) is 8.16. The summed E-state index contributed by atoms with van der Waals surface area (Å²) in [4.78, 5) is 16.6. The molecule has 0 aromatic heterocycles. The van der Waals surface area contributed by atoms with Gasteiger partial charge in [-0.2, -0.15) is 0 Å². The summed E-state index contributed by atoms with van der Waals surface area (Å²) in [6, 6.07) is 0.584. The maximum Gasteiger partial charge on any atom is 0.310 e. The normalized spacial score (nSPS) is 28.2. The van der Waals surface area contributed by atoms with E-state index in [1.54, 1.807) is 0 Å². The van der Waals surface area contributed by atoms with E-state index in [4.69, 9.17) is 0 Å². The second kappa shape index (κ2) is 6.90. The van der Waals surface area contributed by atoms with Gasteiger partial charge in [0.15, 0.2) is 0 Å².